The SMILES string of the molecule is CCOc1ccc(NS(=O)(=O)c2ccc(Cl)c(C(=O)NCc3cccc(OCC)c3)c2)cc1. The van der Waals surface area contributed by atoms with Gasteiger partial charge in [-0.15, -0.1) is 0 Å². The van der Waals surface area contributed by atoms with E-state index < -0.39 is 15.9 Å². The van der Waals surface area contributed by atoms with E-state index in [4.69, 9.17) is 21.1 Å². The normalized spacial score (nSPS) is 11.0. The van der Waals surface area contributed by atoms with Crippen molar-refractivity contribution >= 4 is 33.2 Å². The first-order valence-corrected chi connectivity index (χ1v) is 12.2. The Labute approximate surface area is 198 Å². The maximum Gasteiger partial charge on any atom is 0.261 e. The van der Waals surface area contributed by atoms with Crippen LogP contribution in [-0.2, 0) is 16.6 Å². The topological polar surface area (TPSA) is 93.7 Å². The number of sulfonamides is 1. The third-order valence-electron chi connectivity index (χ3n) is 4.57. The smallest absolute Gasteiger partial charge is 0.261 e. The lowest BCUT2D eigenvalue weighted by atomic mass is 10.2. The maximum absolute atomic E-state index is 12.8. The van der Waals surface area contributed by atoms with Crippen molar-refractivity contribution in [3.8, 4) is 11.5 Å². The van der Waals surface area contributed by atoms with Crippen LogP contribution in [0.25, 0.3) is 0 Å². The van der Waals surface area contributed by atoms with Gasteiger partial charge in [-0.3, -0.25) is 9.52 Å². The summed E-state index contributed by atoms with van der Waals surface area (Å²) in [5.74, 6) is 0.855. The average molecular weight is 489 g/mol. The minimum Gasteiger partial charge on any atom is -0.494 e. The van der Waals surface area contributed by atoms with Crippen LogP contribution in [0, 0.1) is 0 Å². The molecule has 0 aliphatic carbocycles. The van der Waals surface area contributed by atoms with Crippen molar-refractivity contribution in [1.29, 1.82) is 0 Å². The standard InChI is InChI=1S/C24H25ClN2O5S/c1-3-31-19-10-8-18(9-11-19)27-33(29,30)21-12-13-23(25)22(15-21)24(28)26-16-17-6-5-7-20(14-17)32-4-2/h5-15,27H,3-4,16H2,1-2H3,(H,26,28). The predicted octanol–water partition coefficient (Wildman–Crippen LogP) is 4.87. The van der Waals surface area contributed by atoms with Crippen LogP contribution in [0.5, 0.6) is 11.5 Å². The number of hydrogen-bond donors (Lipinski definition) is 2. The monoisotopic (exact) mass is 488 g/mol. The number of hydrogen-bond acceptors (Lipinski definition) is 5. The van der Waals surface area contributed by atoms with Gasteiger partial charge >= 0.3 is 0 Å². The fourth-order valence-corrected chi connectivity index (χ4v) is 4.32. The van der Waals surface area contributed by atoms with Gasteiger partial charge in [0, 0.05) is 12.2 Å². The number of anilines is 1. The molecule has 0 atom stereocenters. The lowest BCUT2D eigenvalue weighted by molar-refractivity contribution is 0.0950. The maximum atomic E-state index is 12.8. The second-order valence-corrected chi connectivity index (χ2v) is 9.06. The van der Waals surface area contributed by atoms with Crippen LogP contribution in [0.15, 0.2) is 71.6 Å². The number of benzene rings is 3. The van der Waals surface area contributed by atoms with Gasteiger partial charge in [0.15, 0.2) is 0 Å². The summed E-state index contributed by atoms with van der Waals surface area (Å²) >= 11 is 6.19. The zero-order valence-corrected chi connectivity index (χ0v) is 19.9. The van der Waals surface area contributed by atoms with Gasteiger partial charge in [-0.2, -0.15) is 0 Å². The molecule has 0 aliphatic rings. The van der Waals surface area contributed by atoms with Gasteiger partial charge in [0.1, 0.15) is 11.5 Å². The Morgan fingerprint density at radius 1 is 0.909 bits per heavy atom. The van der Waals surface area contributed by atoms with Crippen molar-refractivity contribution in [3.63, 3.8) is 0 Å². The van der Waals surface area contributed by atoms with Gasteiger partial charge < -0.3 is 14.8 Å². The van der Waals surface area contributed by atoms with Crippen LogP contribution >= 0.6 is 11.6 Å². The highest BCUT2D eigenvalue weighted by Gasteiger charge is 2.19. The molecule has 33 heavy (non-hydrogen) atoms. The largest absolute Gasteiger partial charge is 0.494 e. The highest BCUT2D eigenvalue weighted by Crippen LogP contribution is 2.24. The molecule has 2 N–H and O–H groups in total. The van der Waals surface area contributed by atoms with E-state index in [1.54, 1.807) is 24.3 Å². The second kappa shape index (κ2) is 11.1. The number of halogens is 1. The summed E-state index contributed by atoms with van der Waals surface area (Å²) < 4.78 is 39.0. The Kier molecular flexibility index (Phi) is 8.19. The van der Waals surface area contributed by atoms with Gasteiger partial charge in [-0.05, 0) is 74.0 Å². The Morgan fingerprint density at radius 2 is 1.61 bits per heavy atom. The van der Waals surface area contributed by atoms with E-state index in [2.05, 4.69) is 10.0 Å². The summed E-state index contributed by atoms with van der Waals surface area (Å²) in [4.78, 5) is 12.7. The average Bonchev–Trinajstić information content (AvgIpc) is 2.79. The minimum atomic E-state index is -3.94. The molecule has 0 bridgehead atoms. The quantitative estimate of drug-likeness (QED) is 0.424. The minimum absolute atomic E-state index is 0.0622. The summed E-state index contributed by atoms with van der Waals surface area (Å²) in [6, 6.07) is 17.9. The number of amides is 1. The first kappa shape index (κ1) is 24.4. The van der Waals surface area contributed by atoms with Crippen LogP contribution in [0.4, 0.5) is 5.69 Å². The Morgan fingerprint density at radius 3 is 2.30 bits per heavy atom. The molecule has 1 amide bonds. The molecule has 0 heterocycles. The van der Waals surface area contributed by atoms with Crippen LogP contribution in [0.2, 0.25) is 5.02 Å². The fraction of sp³-hybridized carbons (Fsp3) is 0.208. The van der Waals surface area contributed by atoms with Crippen LogP contribution in [0.3, 0.4) is 0 Å². The molecule has 0 unspecified atom stereocenters. The summed E-state index contributed by atoms with van der Waals surface area (Å²) in [7, 11) is -3.94. The molecule has 9 heteroatoms. The second-order valence-electron chi connectivity index (χ2n) is 6.97. The Bertz CT molecular complexity index is 1210. The Balaban J connectivity index is 1.73. The van der Waals surface area contributed by atoms with E-state index in [9.17, 15) is 13.2 Å². The van der Waals surface area contributed by atoms with E-state index in [-0.39, 0.29) is 22.0 Å². The number of rotatable bonds is 10. The molecule has 0 aliphatic heterocycles. The molecular weight excluding hydrogens is 464 g/mol. The van der Waals surface area contributed by atoms with E-state index in [1.165, 1.54) is 18.2 Å². The predicted molar refractivity (Wildman–Crippen MR) is 129 cm³/mol. The first-order valence-electron chi connectivity index (χ1n) is 10.4. The molecule has 7 nitrogen and oxygen atoms in total. The third-order valence-corrected chi connectivity index (χ3v) is 6.28. The molecule has 3 rings (SSSR count). The third kappa shape index (κ3) is 6.63. The van der Waals surface area contributed by atoms with Crippen LogP contribution in [-0.4, -0.2) is 27.5 Å². The zero-order chi connectivity index (χ0) is 23.8. The van der Waals surface area contributed by atoms with E-state index in [0.29, 0.717) is 30.4 Å². The summed E-state index contributed by atoms with van der Waals surface area (Å²) in [5.41, 5.74) is 1.27. The number of carbonyl (C=O) groups is 1. The van der Waals surface area contributed by atoms with Crippen molar-refractivity contribution in [3.05, 3.63) is 82.9 Å². The number of carbonyl (C=O) groups excluding carboxylic acids is 1. The molecule has 174 valence electrons. The van der Waals surface area contributed by atoms with Gasteiger partial charge in [-0.25, -0.2) is 8.42 Å². The molecule has 0 fully saturated rings. The zero-order valence-electron chi connectivity index (χ0n) is 18.3. The van der Waals surface area contributed by atoms with Crippen molar-refractivity contribution in [2.75, 3.05) is 17.9 Å². The van der Waals surface area contributed by atoms with Gasteiger partial charge in [-0.1, -0.05) is 23.7 Å². The highest BCUT2D eigenvalue weighted by molar-refractivity contribution is 7.92. The van der Waals surface area contributed by atoms with Gasteiger partial charge in [0.2, 0.25) is 0 Å². The summed E-state index contributed by atoms with van der Waals surface area (Å²) in [6.07, 6.45) is 0. The van der Waals surface area contributed by atoms with E-state index >= 15 is 0 Å². The molecular formula is C24H25ClN2O5S. The summed E-state index contributed by atoms with van der Waals surface area (Å²) in [5, 5.41) is 2.91. The Hall–Kier alpha value is -3.23. The van der Waals surface area contributed by atoms with Crippen molar-refractivity contribution in [1.82, 2.24) is 5.32 Å². The molecule has 0 saturated carbocycles. The van der Waals surface area contributed by atoms with Gasteiger partial charge in [0.25, 0.3) is 15.9 Å². The van der Waals surface area contributed by atoms with Crippen molar-refractivity contribution in [2.24, 2.45) is 0 Å². The van der Waals surface area contributed by atoms with E-state index in [1.807, 2.05) is 38.1 Å². The first-order chi connectivity index (χ1) is 15.8. The highest BCUT2D eigenvalue weighted by atomic mass is 35.5. The van der Waals surface area contributed by atoms with Crippen LogP contribution < -0.4 is 19.5 Å². The molecule has 0 aromatic heterocycles. The molecule has 3 aromatic rings. The van der Waals surface area contributed by atoms with Gasteiger partial charge in [0.05, 0.1) is 28.7 Å². The molecule has 3 aromatic carbocycles. The molecule has 0 spiro atoms. The molecule has 0 radical (unpaired) electrons. The lowest BCUT2D eigenvalue weighted by Crippen LogP contribution is -2.24. The number of nitrogens with one attached hydrogen (secondary N) is 2. The summed E-state index contributed by atoms with van der Waals surface area (Å²) in [6.45, 7) is 5.04. The van der Waals surface area contributed by atoms with Crippen LogP contribution in [0.1, 0.15) is 29.8 Å². The van der Waals surface area contributed by atoms with E-state index in [0.717, 1.165) is 5.56 Å². The van der Waals surface area contributed by atoms with Crippen molar-refractivity contribution in [2.45, 2.75) is 25.3 Å². The number of ether oxygens (including phenoxy) is 2. The fourth-order valence-electron chi connectivity index (χ4n) is 3.03. The lowest BCUT2D eigenvalue weighted by Gasteiger charge is -2.12. The molecule has 0 saturated heterocycles. The van der Waals surface area contributed by atoms with Crippen molar-refractivity contribution < 1.29 is 22.7 Å².